The predicted molar refractivity (Wildman–Crippen MR) is 46.5 cm³/mol. The molecule has 2 atom stereocenters. The Labute approximate surface area is 93.2 Å². The van der Waals surface area contributed by atoms with E-state index in [4.69, 9.17) is 20.7 Å². The fourth-order valence-electron chi connectivity index (χ4n) is 1.17. The van der Waals surface area contributed by atoms with Crippen LogP contribution in [0.3, 0.4) is 0 Å². The molecule has 0 amide bonds. The molecule has 4 nitrogen and oxygen atoms in total. The number of aliphatic hydroxyl groups excluding tert-OH is 1. The van der Waals surface area contributed by atoms with Crippen LogP contribution in [0.2, 0.25) is 0 Å². The first-order valence-electron chi connectivity index (χ1n) is 4.60. The second kappa shape index (κ2) is 5.58. The molecule has 1 fully saturated rings. The van der Waals surface area contributed by atoms with Gasteiger partial charge in [0.25, 0.3) is 5.92 Å². The van der Waals surface area contributed by atoms with E-state index in [0.717, 1.165) is 0 Å². The van der Waals surface area contributed by atoms with E-state index in [1.807, 2.05) is 0 Å². The number of hydrogen-bond acceptors (Lipinski definition) is 3. The molecule has 17 heavy (non-hydrogen) atoms. The highest BCUT2D eigenvalue weighted by Gasteiger charge is 2.43. The third kappa shape index (κ3) is 5.26. The minimum atomic E-state index is -5.08. The molecular weight excluding hydrogens is 253 g/mol. The van der Waals surface area contributed by atoms with Crippen molar-refractivity contribution in [2.24, 2.45) is 5.73 Å². The Hall–Kier alpha value is -0.960. The summed E-state index contributed by atoms with van der Waals surface area (Å²) in [6, 6.07) is -1.36. The normalized spacial score (nSPS) is 27.9. The average molecular weight is 265 g/mol. The molecule has 0 saturated heterocycles. The SMILES string of the molecule is N[C@@H]1[C@@H](O)CCCC1(F)F.O=C(O)C(F)(F)F. The van der Waals surface area contributed by atoms with Crippen LogP contribution < -0.4 is 5.73 Å². The topological polar surface area (TPSA) is 83.5 Å². The highest BCUT2D eigenvalue weighted by atomic mass is 19.4. The van der Waals surface area contributed by atoms with E-state index >= 15 is 0 Å². The first kappa shape index (κ1) is 16.0. The summed E-state index contributed by atoms with van der Waals surface area (Å²) in [5.41, 5.74) is 5.06. The van der Waals surface area contributed by atoms with Crippen molar-refractivity contribution in [2.75, 3.05) is 0 Å². The van der Waals surface area contributed by atoms with Gasteiger partial charge in [-0.1, -0.05) is 0 Å². The summed E-state index contributed by atoms with van der Waals surface area (Å²) in [7, 11) is 0. The van der Waals surface area contributed by atoms with Crippen LogP contribution in [0.4, 0.5) is 22.0 Å². The van der Waals surface area contributed by atoms with Gasteiger partial charge >= 0.3 is 12.1 Å². The maximum absolute atomic E-state index is 12.6. The molecule has 102 valence electrons. The quantitative estimate of drug-likeness (QED) is 0.573. The minimum Gasteiger partial charge on any atom is -0.475 e. The van der Waals surface area contributed by atoms with Gasteiger partial charge in [0.15, 0.2) is 0 Å². The van der Waals surface area contributed by atoms with Crippen LogP contribution in [-0.2, 0) is 4.79 Å². The molecule has 1 rings (SSSR count). The average Bonchev–Trinajstić information content (AvgIpc) is 2.13. The summed E-state index contributed by atoms with van der Waals surface area (Å²) in [4.78, 5) is 8.90. The van der Waals surface area contributed by atoms with Gasteiger partial charge in [0, 0.05) is 6.42 Å². The standard InChI is InChI=1S/C6H11F2NO.C2HF3O2/c7-6(8)3-1-2-4(10)5(6)9;3-2(4,5)1(6)7/h4-5,10H,1-3,9H2;(H,6,7)/t4-,5+;/m0./s1. The molecule has 0 aromatic rings. The number of carboxylic acid groups (broad SMARTS) is 1. The van der Waals surface area contributed by atoms with Crippen LogP contribution in [0.5, 0.6) is 0 Å². The van der Waals surface area contributed by atoms with Gasteiger partial charge in [0.2, 0.25) is 0 Å². The van der Waals surface area contributed by atoms with E-state index in [1.165, 1.54) is 0 Å². The Morgan fingerprint density at radius 3 is 2.00 bits per heavy atom. The minimum absolute atomic E-state index is 0.189. The van der Waals surface area contributed by atoms with E-state index < -0.39 is 30.2 Å². The van der Waals surface area contributed by atoms with E-state index in [-0.39, 0.29) is 6.42 Å². The molecule has 9 heteroatoms. The maximum atomic E-state index is 12.6. The molecule has 0 spiro atoms. The van der Waals surface area contributed by atoms with Crippen molar-refractivity contribution >= 4 is 5.97 Å². The molecule has 0 bridgehead atoms. The number of halogens is 5. The summed E-state index contributed by atoms with van der Waals surface area (Å²) >= 11 is 0. The van der Waals surface area contributed by atoms with Gasteiger partial charge in [-0.05, 0) is 12.8 Å². The Bertz CT molecular complexity index is 268. The van der Waals surface area contributed by atoms with Crippen molar-refractivity contribution < 1.29 is 37.0 Å². The largest absolute Gasteiger partial charge is 0.490 e. The first-order valence-corrected chi connectivity index (χ1v) is 4.60. The molecule has 4 N–H and O–H groups in total. The van der Waals surface area contributed by atoms with Gasteiger partial charge in [0.1, 0.15) is 0 Å². The number of aliphatic carboxylic acids is 1. The van der Waals surface area contributed by atoms with Crippen molar-refractivity contribution in [3.8, 4) is 0 Å². The summed E-state index contributed by atoms with van der Waals surface area (Å²) in [5.74, 6) is -5.62. The van der Waals surface area contributed by atoms with Crippen LogP contribution in [0, 0.1) is 0 Å². The van der Waals surface area contributed by atoms with Crippen LogP contribution in [0.15, 0.2) is 0 Å². The Kier molecular flexibility index (Phi) is 5.27. The second-order valence-electron chi connectivity index (χ2n) is 3.55. The maximum Gasteiger partial charge on any atom is 0.490 e. The molecule has 0 radical (unpaired) electrons. The zero-order valence-corrected chi connectivity index (χ0v) is 8.55. The molecule has 0 aromatic carbocycles. The predicted octanol–water partition coefficient (Wildman–Crippen LogP) is 1.13. The smallest absolute Gasteiger partial charge is 0.475 e. The Morgan fingerprint density at radius 2 is 1.76 bits per heavy atom. The van der Waals surface area contributed by atoms with E-state index in [0.29, 0.717) is 12.8 Å². The molecular formula is C8H12F5NO3. The Balaban J connectivity index is 0.000000325. The van der Waals surface area contributed by atoms with Gasteiger partial charge in [-0.3, -0.25) is 0 Å². The molecule has 1 aliphatic carbocycles. The van der Waals surface area contributed by atoms with E-state index in [2.05, 4.69) is 0 Å². The van der Waals surface area contributed by atoms with Crippen LogP contribution in [-0.4, -0.2) is 40.4 Å². The van der Waals surface area contributed by atoms with Gasteiger partial charge in [0.05, 0.1) is 12.1 Å². The molecule has 0 heterocycles. The fourth-order valence-corrected chi connectivity index (χ4v) is 1.17. The van der Waals surface area contributed by atoms with Gasteiger partial charge in [-0.25, -0.2) is 13.6 Å². The van der Waals surface area contributed by atoms with Crippen molar-refractivity contribution in [2.45, 2.75) is 43.5 Å². The summed E-state index contributed by atoms with van der Waals surface area (Å²) in [6.45, 7) is 0. The molecule has 1 aliphatic rings. The molecule has 1 saturated carbocycles. The third-order valence-electron chi connectivity index (χ3n) is 2.15. The lowest BCUT2D eigenvalue weighted by molar-refractivity contribution is -0.192. The lowest BCUT2D eigenvalue weighted by Gasteiger charge is -2.32. The number of carboxylic acids is 1. The third-order valence-corrected chi connectivity index (χ3v) is 2.15. The van der Waals surface area contributed by atoms with Gasteiger partial charge < -0.3 is 15.9 Å². The second-order valence-corrected chi connectivity index (χ2v) is 3.55. The van der Waals surface area contributed by atoms with Crippen LogP contribution in [0.25, 0.3) is 0 Å². The fraction of sp³-hybridized carbons (Fsp3) is 0.875. The molecule has 0 unspecified atom stereocenters. The highest BCUT2D eigenvalue weighted by molar-refractivity contribution is 5.73. The summed E-state index contributed by atoms with van der Waals surface area (Å²) in [6.07, 6.45) is -5.53. The van der Waals surface area contributed by atoms with Crippen LogP contribution in [0.1, 0.15) is 19.3 Å². The van der Waals surface area contributed by atoms with E-state index in [9.17, 15) is 22.0 Å². The van der Waals surface area contributed by atoms with Gasteiger partial charge in [-0.2, -0.15) is 13.2 Å². The summed E-state index contributed by atoms with van der Waals surface area (Å²) < 4.78 is 56.9. The van der Waals surface area contributed by atoms with Crippen molar-refractivity contribution in [3.63, 3.8) is 0 Å². The zero-order chi connectivity index (χ0) is 13.9. The monoisotopic (exact) mass is 265 g/mol. The zero-order valence-electron chi connectivity index (χ0n) is 8.55. The lowest BCUT2D eigenvalue weighted by Crippen LogP contribution is -2.52. The highest BCUT2D eigenvalue weighted by Crippen LogP contribution is 2.32. The molecule has 0 aromatic heterocycles. The van der Waals surface area contributed by atoms with Crippen molar-refractivity contribution in [1.29, 1.82) is 0 Å². The lowest BCUT2D eigenvalue weighted by atomic mass is 9.90. The molecule has 0 aliphatic heterocycles. The van der Waals surface area contributed by atoms with Gasteiger partial charge in [-0.15, -0.1) is 0 Å². The number of nitrogens with two attached hydrogens (primary N) is 1. The van der Waals surface area contributed by atoms with E-state index in [1.54, 1.807) is 0 Å². The van der Waals surface area contributed by atoms with Crippen LogP contribution >= 0.6 is 0 Å². The summed E-state index contributed by atoms with van der Waals surface area (Å²) in [5, 5.41) is 16.0. The number of rotatable bonds is 0. The number of hydrogen-bond donors (Lipinski definition) is 3. The number of carbonyl (C=O) groups is 1. The van der Waals surface area contributed by atoms with Crippen molar-refractivity contribution in [3.05, 3.63) is 0 Å². The number of alkyl halides is 5. The Morgan fingerprint density at radius 1 is 1.35 bits per heavy atom. The number of aliphatic hydroxyl groups is 1. The van der Waals surface area contributed by atoms with Crippen molar-refractivity contribution in [1.82, 2.24) is 0 Å². The first-order chi connectivity index (χ1) is 7.48.